The maximum Gasteiger partial charge on any atom is 0.181 e. The van der Waals surface area contributed by atoms with Crippen molar-refractivity contribution in [2.45, 2.75) is 19.6 Å². The fraction of sp³-hybridized carbons (Fsp3) is 0.625. The van der Waals surface area contributed by atoms with Crippen LogP contribution in [0.4, 0.5) is 0 Å². The average Bonchev–Trinajstić information content (AvgIpc) is 2.44. The van der Waals surface area contributed by atoms with Crippen LogP contribution < -0.4 is 0 Å². The van der Waals surface area contributed by atoms with E-state index in [4.69, 9.17) is 39.5 Å². The minimum atomic E-state index is 0.271. The van der Waals surface area contributed by atoms with Gasteiger partial charge in [0.2, 0.25) is 0 Å². The van der Waals surface area contributed by atoms with Crippen LogP contribution in [0.5, 0.6) is 0 Å². The Balaban J connectivity index is 2.37. The van der Waals surface area contributed by atoms with Crippen molar-refractivity contribution >= 4 is 50.7 Å². The standard InChI is InChI=1S/C8H10BrCl3N2O/c9-8-13-6(11)7(12)14(8)5-15-4-2-1-3-10/h1-5H2. The molecule has 1 aromatic rings. The summed E-state index contributed by atoms with van der Waals surface area (Å²) in [6.45, 7) is 0.979. The predicted octanol–water partition coefficient (Wildman–Crippen LogP) is 3.95. The largest absolute Gasteiger partial charge is 0.361 e. The van der Waals surface area contributed by atoms with Gasteiger partial charge in [-0.15, -0.1) is 11.6 Å². The van der Waals surface area contributed by atoms with Crippen LogP contribution in [0.3, 0.4) is 0 Å². The molecular formula is C8H10BrCl3N2O. The zero-order chi connectivity index (χ0) is 11.3. The summed E-state index contributed by atoms with van der Waals surface area (Å²) in [5.41, 5.74) is 0. The van der Waals surface area contributed by atoms with Crippen molar-refractivity contribution in [1.82, 2.24) is 9.55 Å². The lowest BCUT2D eigenvalue weighted by Crippen LogP contribution is -2.04. The molecule has 0 aliphatic carbocycles. The van der Waals surface area contributed by atoms with Crippen LogP contribution >= 0.6 is 50.7 Å². The summed E-state index contributed by atoms with van der Waals surface area (Å²) in [4.78, 5) is 3.94. The van der Waals surface area contributed by atoms with Gasteiger partial charge in [-0.05, 0) is 28.8 Å². The van der Waals surface area contributed by atoms with Gasteiger partial charge in [0.05, 0.1) is 0 Å². The molecule has 1 heterocycles. The molecule has 0 amide bonds. The Bertz CT molecular complexity index is 319. The molecule has 15 heavy (non-hydrogen) atoms. The molecule has 0 saturated heterocycles. The van der Waals surface area contributed by atoms with E-state index < -0.39 is 0 Å². The Labute approximate surface area is 112 Å². The van der Waals surface area contributed by atoms with Gasteiger partial charge < -0.3 is 4.74 Å². The number of ether oxygens (including phenoxy) is 1. The van der Waals surface area contributed by atoms with Crippen LogP contribution in [-0.4, -0.2) is 22.0 Å². The van der Waals surface area contributed by atoms with Crippen molar-refractivity contribution in [2.75, 3.05) is 12.5 Å². The van der Waals surface area contributed by atoms with E-state index in [0.717, 1.165) is 12.8 Å². The Kier molecular flexibility index (Phi) is 6.31. The summed E-state index contributed by atoms with van der Waals surface area (Å²) >= 11 is 20.4. The molecule has 1 rings (SSSR count). The zero-order valence-electron chi connectivity index (χ0n) is 7.85. The van der Waals surface area contributed by atoms with Crippen LogP contribution in [-0.2, 0) is 11.5 Å². The Morgan fingerprint density at radius 3 is 2.60 bits per heavy atom. The maximum atomic E-state index is 5.89. The molecule has 0 radical (unpaired) electrons. The summed E-state index contributed by atoms with van der Waals surface area (Å²) in [5.74, 6) is 0.657. The third-order valence-electron chi connectivity index (χ3n) is 1.71. The second-order valence-electron chi connectivity index (χ2n) is 2.82. The number of hydrogen-bond donors (Lipinski definition) is 0. The summed E-state index contributed by atoms with van der Waals surface area (Å²) in [7, 11) is 0. The van der Waals surface area contributed by atoms with E-state index in [1.165, 1.54) is 0 Å². The molecule has 0 aliphatic rings. The van der Waals surface area contributed by atoms with Crippen molar-refractivity contribution in [3.05, 3.63) is 15.0 Å². The molecule has 0 aromatic carbocycles. The quantitative estimate of drug-likeness (QED) is 0.581. The molecule has 0 saturated carbocycles. The molecule has 1 aromatic heterocycles. The molecule has 0 N–H and O–H groups in total. The topological polar surface area (TPSA) is 27.1 Å². The first-order valence-corrected chi connectivity index (χ1v) is 6.46. The number of aromatic nitrogens is 2. The van der Waals surface area contributed by atoms with Crippen molar-refractivity contribution in [3.8, 4) is 0 Å². The van der Waals surface area contributed by atoms with E-state index in [2.05, 4.69) is 20.9 Å². The van der Waals surface area contributed by atoms with Crippen LogP contribution in [0.25, 0.3) is 0 Å². The monoisotopic (exact) mass is 334 g/mol. The predicted molar refractivity (Wildman–Crippen MR) is 65.9 cm³/mol. The highest BCUT2D eigenvalue weighted by molar-refractivity contribution is 9.10. The van der Waals surface area contributed by atoms with Crippen molar-refractivity contribution in [3.63, 3.8) is 0 Å². The van der Waals surface area contributed by atoms with E-state index in [-0.39, 0.29) is 5.15 Å². The van der Waals surface area contributed by atoms with Gasteiger partial charge in [0, 0.05) is 12.5 Å². The first-order valence-electron chi connectivity index (χ1n) is 4.37. The number of imidazole rings is 1. The van der Waals surface area contributed by atoms with Crippen molar-refractivity contribution < 1.29 is 4.74 Å². The number of alkyl halides is 1. The zero-order valence-corrected chi connectivity index (χ0v) is 11.7. The second-order valence-corrected chi connectivity index (χ2v) is 4.63. The minimum absolute atomic E-state index is 0.271. The lowest BCUT2D eigenvalue weighted by atomic mass is 10.4. The van der Waals surface area contributed by atoms with Crippen molar-refractivity contribution in [2.24, 2.45) is 0 Å². The van der Waals surface area contributed by atoms with Crippen molar-refractivity contribution in [1.29, 1.82) is 0 Å². The summed E-state index contributed by atoms with van der Waals surface area (Å²) < 4.78 is 7.60. The fourth-order valence-electron chi connectivity index (χ4n) is 0.944. The normalized spacial score (nSPS) is 10.9. The van der Waals surface area contributed by atoms with Gasteiger partial charge in [-0.25, -0.2) is 4.98 Å². The van der Waals surface area contributed by atoms with Crippen LogP contribution in [0.2, 0.25) is 10.3 Å². The number of hydrogen-bond acceptors (Lipinski definition) is 2. The molecule has 0 fully saturated rings. The lowest BCUT2D eigenvalue weighted by molar-refractivity contribution is 0.0736. The van der Waals surface area contributed by atoms with E-state index in [1.807, 2.05) is 0 Å². The molecule has 7 heteroatoms. The van der Waals surface area contributed by atoms with E-state index in [0.29, 0.717) is 29.1 Å². The van der Waals surface area contributed by atoms with Gasteiger partial charge in [0.15, 0.2) is 15.0 Å². The van der Waals surface area contributed by atoms with E-state index in [9.17, 15) is 0 Å². The molecule has 86 valence electrons. The SMILES string of the molecule is ClCCCCOCn1c(Br)nc(Cl)c1Cl. The van der Waals surface area contributed by atoms with E-state index in [1.54, 1.807) is 4.57 Å². The van der Waals surface area contributed by atoms with Crippen LogP contribution in [0.1, 0.15) is 12.8 Å². The van der Waals surface area contributed by atoms with Crippen LogP contribution in [0, 0.1) is 0 Å². The second kappa shape index (κ2) is 6.97. The highest BCUT2D eigenvalue weighted by Crippen LogP contribution is 2.25. The molecular weight excluding hydrogens is 326 g/mol. The summed E-state index contributed by atoms with van der Waals surface area (Å²) in [5, 5.41) is 0.647. The molecule has 3 nitrogen and oxygen atoms in total. The minimum Gasteiger partial charge on any atom is -0.361 e. The molecule has 0 spiro atoms. The Hall–Kier alpha value is 0.520. The number of rotatable bonds is 6. The number of nitrogens with zero attached hydrogens (tertiary/aromatic N) is 2. The molecule has 0 atom stereocenters. The first kappa shape index (κ1) is 13.6. The number of unbranched alkanes of at least 4 members (excludes halogenated alkanes) is 1. The Morgan fingerprint density at radius 2 is 2.07 bits per heavy atom. The maximum absolute atomic E-state index is 5.89. The van der Waals surface area contributed by atoms with Gasteiger partial charge >= 0.3 is 0 Å². The lowest BCUT2D eigenvalue weighted by Gasteiger charge is -2.06. The van der Waals surface area contributed by atoms with Gasteiger partial charge in [0.25, 0.3) is 0 Å². The molecule has 0 unspecified atom stereocenters. The third-order valence-corrected chi connectivity index (χ3v) is 3.33. The highest BCUT2D eigenvalue weighted by Gasteiger charge is 2.11. The van der Waals surface area contributed by atoms with Crippen LogP contribution in [0.15, 0.2) is 4.73 Å². The number of halogens is 4. The first-order chi connectivity index (χ1) is 7.16. The highest BCUT2D eigenvalue weighted by atomic mass is 79.9. The third kappa shape index (κ3) is 4.11. The average molecular weight is 336 g/mol. The summed E-state index contributed by atoms with van der Waals surface area (Å²) in [6.07, 6.45) is 1.88. The smallest absolute Gasteiger partial charge is 0.181 e. The summed E-state index contributed by atoms with van der Waals surface area (Å²) in [6, 6.07) is 0. The Morgan fingerprint density at radius 1 is 1.33 bits per heavy atom. The van der Waals surface area contributed by atoms with E-state index >= 15 is 0 Å². The van der Waals surface area contributed by atoms with Gasteiger partial charge in [-0.2, -0.15) is 0 Å². The molecule has 0 bridgehead atoms. The molecule has 0 aliphatic heterocycles. The van der Waals surface area contributed by atoms with Gasteiger partial charge in [-0.1, -0.05) is 23.2 Å². The fourth-order valence-corrected chi connectivity index (χ4v) is 2.15. The van der Waals surface area contributed by atoms with Gasteiger partial charge in [0.1, 0.15) is 6.73 Å². The van der Waals surface area contributed by atoms with Gasteiger partial charge in [-0.3, -0.25) is 4.57 Å².